The van der Waals surface area contributed by atoms with Crippen LogP contribution in [0.25, 0.3) is 11.1 Å². The maximum atomic E-state index is 13.4. The zero-order chi connectivity index (χ0) is 45.9. The van der Waals surface area contributed by atoms with Crippen molar-refractivity contribution < 1.29 is 98.6 Å². The monoisotopic (exact) mass is 896 g/mol. The van der Waals surface area contributed by atoms with Gasteiger partial charge in [0.15, 0.2) is 18.8 Å². The van der Waals surface area contributed by atoms with E-state index >= 15 is 0 Å². The number of aliphatic hydroxyl groups excluding tert-OH is 10. The second-order valence-corrected chi connectivity index (χ2v) is 16.7. The van der Waals surface area contributed by atoms with Crippen LogP contribution < -0.4 is 10.6 Å². The Kier molecular flexibility index (Phi) is 15.8. The maximum absolute atomic E-state index is 13.4. The van der Waals surface area contributed by atoms with Crippen molar-refractivity contribution in [3.63, 3.8) is 0 Å². The standard InChI is InChI=1S/C41H56N2O20/c1-41(2,3)63-37(55)22(42-40(56)57-16-21-19-10-6-4-8-17(19)18-9-5-7-11-20(18)21)12-26(47)43-36-31(52)29(50)34(24(14-45)58-36)61-39-33(54)30(51)35(25(15-46)60-39)62-38-32(53)28(49)27(48)23(13-44)59-38/h4-11,21-25,27-36,38-39,44-46,48-54H,12-16H2,1-3H3,(H,42,56)(H,43,47)/t22-,23+,24+,25+,27+,28-,29+,30+,31+,32+,33+,34+,35+,36+,38+,39+/m0/s1. The number of benzene rings is 2. The van der Waals surface area contributed by atoms with Gasteiger partial charge < -0.3 is 94.9 Å². The summed E-state index contributed by atoms with van der Waals surface area (Å²) in [6, 6.07) is 13.7. The van der Waals surface area contributed by atoms with Gasteiger partial charge in [0.25, 0.3) is 0 Å². The van der Waals surface area contributed by atoms with E-state index in [9.17, 15) is 65.4 Å². The van der Waals surface area contributed by atoms with Crippen molar-refractivity contribution in [2.24, 2.45) is 0 Å². The van der Waals surface area contributed by atoms with Crippen LogP contribution in [-0.2, 0) is 42.7 Å². The summed E-state index contributed by atoms with van der Waals surface area (Å²) in [4.78, 5) is 39.9. The molecule has 0 aromatic heterocycles. The maximum Gasteiger partial charge on any atom is 0.407 e. The van der Waals surface area contributed by atoms with Crippen molar-refractivity contribution in [3.8, 4) is 11.1 Å². The molecule has 16 atom stereocenters. The number of nitrogens with one attached hydrogen (secondary N) is 2. The van der Waals surface area contributed by atoms with Crippen LogP contribution in [0.3, 0.4) is 0 Å². The lowest BCUT2D eigenvalue weighted by Crippen LogP contribution is -2.67. The van der Waals surface area contributed by atoms with Gasteiger partial charge in [0.05, 0.1) is 26.2 Å². The molecule has 0 unspecified atom stereocenters. The van der Waals surface area contributed by atoms with Crippen LogP contribution >= 0.6 is 0 Å². The molecule has 12 N–H and O–H groups in total. The summed E-state index contributed by atoms with van der Waals surface area (Å²) in [5, 5.41) is 109. The molecular formula is C41H56N2O20. The molecule has 2 aromatic carbocycles. The Hall–Kier alpha value is -3.95. The Morgan fingerprint density at radius 1 is 0.651 bits per heavy atom. The molecule has 2 amide bonds. The first-order valence-corrected chi connectivity index (χ1v) is 20.4. The van der Waals surface area contributed by atoms with Gasteiger partial charge in [-0.25, -0.2) is 9.59 Å². The third kappa shape index (κ3) is 10.8. The average molecular weight is 897 g/mol. The topological polar surface area (TPSA) is 342 Å². The number of aliphatic hydroxyl groups is 10. The van der Waals surface area contributed by atoms with E-state index in [0.29, 0.717) is 0 Å². The molecule has 3 heterocycles. The quantitative estimate of drug-likeness (QED) is 0.0809. The highest BCUT2D eigenvalue weighted by Crippen LogP contribution is 2.44. The number of carbonyl (C=O) groups excluding carboxylic acids is 3. The molecular weight excluding hydrogens is 840 g/mol. The van der Waals surface area contributed by atoms with Crippen molar-refractivity contribution in [3.05, 3.63) is 59.7 Å². The van der Waals surface area contributed by atoms with Crippen LogP contribution in [0.1, 0.15) is 44.2 Å². The van der Waals surface area contributed by atoms with Crippen molar-refractivity contribution >= 4 is 18.0 Å². The minimum atomic E-state index is -2.04. The number of esters is 1. The highest BCUT2D eigenvalue weighted by molar-refractivity contribution is 5.88. The van der Waals surface area contributed by atoms with E-state index in [1.54, 1.807) is 20.8 Å². The fourth-order valence-corrected chi connectivity index (χ4v) is 7.95. The molecule has 63 heavy (non-hydrogen) atoms. The van der Waals surface area contributed by atoms with Crippen molar-refractivity contribution in [1.29, 1.82) is 0 Å². The number of alkyl carbamates (subject to hydrolysis) is 1. The third-order valence-electron chi connectivity index (χ3n) is 11.1. The van der Waals surface area contributed by atoms with Gasteiger partial charge in [-0.15, -0.1) is 0 Å². The molecule has 4 aliphatic rings. The summed E-state index contributed by atoms with van der Waals surface area (Å²) in [7, 11) is 0. The number of hydrogen-bond acceptors (Lipinski definition) is 20. The first-order chi connectivity index (χ1) is 29.9. The zero-order valence-corrected chi connectivity index (χ0v) is 34.5. The molecule has 3 aliphatic heterocycles. The normalized spacial score (nSPS) is 34.9. The van der Waals surface area contributed by atoms with Gasteiger partial charge in [-0.05, 0) is 43.0 Å². The predicted octanol–water partition coefficient (Wildman–Crippen LogP) is -3.81. The van der Waals surface area contributed by atoms with Crippen molar-refractivity contribution in [1.82, 2.24) is 10.6 Å². The Morgan fingerprint density at radius 3 is 1.68 bits per heavy atom. The van der Waals surface area contributed by atoms with Gasteiger partial charge >= 0.3 is 12.1 Å². The van der Waals surface area contributed by atoms with Crippen LogP contribution in [0, 0.1) is 0 Å². The third-order valence-corrected chi connectivity index (χ3v) is 11.1. The van der Waals surface area contributed by atoms with Gasteiger partial charge in [0, 0.05) is 5.92 Å². The minimum Gasteiger partial charge on any atom is -0.458 e. The molecule has 22 nitrogen and oxygen atoms in total. The molecule has 6 rings (SSSR count). The Bertz CT molecular complexity index is 1830. The molecule has 1 aliphatic carbocycles. The summed E-state index contributed by atoms with van der Waals surface area (Å²) in [6.45, 7) is 2.02. The second kappa shape index (κ2) is 20.5. The van der Waals surface area contributed by atoms with Gasteiger partial charge in [0.1, 0.15) is 91.5 Å². The first kappa shape index (κ1) is 48.5. The molecule has 350 valence electrons. The first-order valence-electron chi connectivity index (χ1n) is 20.4. The molecule has 3 fully saturated rings. The fraction of sp³-hybridized carbons (Fsp3) is 0.634. The number of fused-ring (bicyclic) bond motifs is 3. The molecule has 2 aromatic rings. The van der Waals surface area contributed by atoms with E-state index in [1.807, 2.05) is 48.5 Å². The van der Waals surface area contributed by atoms with E-state index in [0.717, 1.165) is 22.3 Å². The Labute approximate surface area is 360 Å². The van der Waals surface area contributed by atoms with Crippen molar-refractivity contribution in [2.75, 3.05) is 26.4 Å². The average Bonchev–Trinajstić information content (AvgIpc) is 3.57. The van der Waals surface area contributed by atoms with Gasteiger partial charge in [-0.3, -0.25) is 4.79 Å². The molecule has 22 heteroatoms. The minimum absolute atomic E-state index is 0.0993. The van der Waals surface area contributed by atoms with E-state index in [1.165, 1.54) is 0 Å². The van der Waals surface area contributed by atoms with Crippen LogP contribution in [0.2, 0.25) is 0 Å². The van der Waals surface area contributed by atoms with Crippen molar-refractivity contribution in [2.45, 2.75) is 137 Å². The number of amides is 2. The summed E-state index contributed by atoms with van der Waals surface area (Å²) in [6.07, 6.45) is -28.6. The summed E-state index contributed by atoms with van der Waals surface area (Å²) >= 11 is 0. The van der Waals surface area contributed by atoms with Gasteiger partial charge in [-0.1, -0.05) is 48.5 Å². The molecule has 3 saturated heterocycles. The lowest BCUT2D eigenvalue weighted by atomic mass is 9.95. The summed E-state index contributed by atoms with van der Waals surface area (Å²) in [5.74, 6) is -2.28. The van der Waals surface area contributed by atoms with E-state index in [2.05, 4.69) is 10.6 Å². The number of hydrogen-bond donors (Lipinski definition) is 12. The Balaban J connectivity index is 1.07. The molecule has 0 bridgehead atoms. The highest BCUT2D eigenvalue weighted by atomic mass is 16.7. The van der Waals surface area contributed by atoms with Crippen LogP contribution in [0.15, 0.2) is 48.5 Å². The van der Waals surface area contributed by atoms with Crippen LogP contribution in [-0.4, -0.2) is 199 Å². The van der Waals surface area contributed by atoms with E-state index < -0.39 is 148 Å². The summed E-state index contributed by atoms with van der Waals surface area (Å²) < 4.78 is 38.8. The fourth-order valence-electron chi connectivity index (χ4n) is 7.95. The second-order valence-electron chi connectivity index (χ2n) is 16.7. The summed E-state index contributed by atoms with van der Waals surface area (Å²) in [5.41, 5.74) is 2.84. The van der Waals surface area contributed by atoms with E-state index in [4.69, 9.17) is 33.2 Å². The van der Waals surface area contributed by atoms with Gasteiger partial charge in [-0.2, -0.15) is 0 Å². The molecule has 0 saturated carbocycles. The zero-order valence-electron chi connectivity index (χ0n) is 34.5. The lowest BCUT2D eigenvalue weighted by Gasteiger charge is -2.48. The lowest BCUT2D eigenvalue weighted by molar-refractivity contribution is -0.373. The smallest absolute Gasteiger partial charge is 0.407 e. The number of carbonyl (C=O) groups is 3. The highest BCUT2D eigenvalue weighted by Gasteiger charge is 2.53. The SMILES string of the molecule is CC(C)(C)OC(=O)[C@H](CC(=O)N[C@@H]1O[C@H](CO)[C@@H](O[C@H]2O[C@H](CO)[C@@H](O[C@H]3O[C@H](CO)[C@@H](O)[C@H](O)[C@H]3O)[C@H](O)[C@H]2O)[C@H](O)[C@H]1O)NC(=O)OCC1c2ccccc2-c2ccccc21. The number of ether oxygens (including phenoxy) is 7. The predicted molar refractivity (Wildman–Crippen MR) is 210 cm³/mol. The molecule has 0 spiro atoms. The number of rotatable bonds is 14. The van der Waals surface area contributed by atoms with Gasteiger partial charge in [0.2, 0.25) is 5.91 Å². The Morgan fingerprint density at radius 2 is 1.14 bits per heavy atom. The van der Waals surface area contributed by atoms with E-state index in [-0.39, 0.29) is 12.5 Å². The largest absolute Gasteiger partial charge is 0.458 e. The van der Waals surface area contributed by atoms with Crippen LogP contribution in [0.4, 0.5) is 4.79 Å². The molecule has 0 radical (unpaired) electrons. The van der Waals surface area contributed by atoms with Crippen LogP contribution in [0.5, 0.6) is 0 Å².